The molecule has 1 fully saturated rings. The zero-order valence-electron chi connectivity index (χ0n) is 13.3. The molecule has 1 saturated heterocycles. The number of nitrogens with zero attached hydrogens (tertiary/aromatic N) is 3. The Labute approximate surface area is 135 Å². The van der Waals surface area contributed by atoms with Gasteiger partial charge in [0.2, 0.25) is 0 Å². The van der Waals surface area contributed by atoms with Crippen LogP contribution in [0.2, 0.25) is 0 Å². The Morgan fingerprint density at radius 2 is 2.39 bits per heavy atom. The molecule has 1 aliphatic heterocycles. The second-order valence-electron chi connectivity index (χ2n) is 5.41. The molecule has 0 aromatic carbocycles. The van der Waals surface area contributed by atoms with Gasteiger partial charge in [0.15, 0.2) is 0 Å². The Balaban J connectivity index is 1.70. The van der Waals surface area contributed by atoms with Crippen molar-refractivity contribution in [1.29, 1.82) is 0 Å². The van der Waals surface area contributed by atoms with Gasteiger partial charge in [-0.15, -0.1) is 0 Å². The highest BCUT2D eigenvalue weighted by Gasteiger charge is 2.27. The van der Waals surface area contributed by atoms with E-state index in [2.05, 4.69) is 20.2 Å². The summed E-state index contributed by atoms with van der Waals surface area (Å²) in [5, 5.41) is 3.24. The van der Waals surface area contributed by atoms with Crippen LogP contribution in [0.25, 0.3) is 0 Å². The van der Waals surface area contributed by atoms with E-state index in [1.54, 1.807) is 25.8 Å². The van der Waals surface area contributed by atoms with E-state index in [0.29, 0.717) is 19.8 Å². The number of nitrogens with one attached hydrogen (secondary N) is 1. The summed E-state index contributed by atoms with van der Waals surface area (Å²) in [5.41, 5.74) is 1.14. The molecule has 1 unspecified atom stereocenters. The highest BCUT2D eigenvalue weighted by molar-refractivity contribution is 5.33. The molecule has 0 radical (unpaired) electrons. The third-order valence-electron chi connectivity index (χ3n) is 3.79. The predicted molar refractivity (Wildman–Crippen MR) is 85.1 cm³/mol. The van der Waals surface area contributed by atoms with Crippen LogP contribution in [0.15, 0.2) is 35.3 Å². The molecule has 7 nitrogen and oxygen atoms in total. The molecule has 1 N–H and O–H groups in total. The van der Waals surface area contributed by atoms with E-state index in [4.69, 9.17) is 13.9 Å². The van der Waals surface area contributed by atoms with Crippen LogP contribution in [0, 0.1) is 0 Å². The van der Waals surface area contributed by atoms with Crippen LogP contribution in [-0.4, -0.2) is 54.9 Å². The maximum atomic E-state index is 5.64. The van der Waals surface area contributed by atoms with Crippen molar-refractivity contribution in [2.24, 2.45) is 0 Å². The van der Waals surface area contributed by atoms with Crippen molar-refractivity contribution in [3.05, 3.63) is 42.2 Å². The summed E-state index contributed by atoms with van der Waals surface area (Å²) in [5.74, 6) is 1.58. The molecule has 0 aliphatic carbocycles. The van der Waals surface area contributed by atoms with E-state index < -0.39 is 0 Å². The number of hydrogen-bond acceptors (Lipinski definition) is 7. The smallest absolute Gasteiger partial charge is 0.150 e. The Kier molecular flexibility index (Phi) is 5.57. The van der Waals surface area contributed by atoms with Crippen LogP contribution in [0.1, 0.15) is 17.4 Å². The lowest BCUT2D eigenvalue weighted by Gasteiger charge is -2.34. The fourth-order valence-corrected chi connectivity index (χ4v) is 2.60. The van der Waals surface area contributed by atoms with E-state index >= 15 is 0 Å². The standard InChI is InChI=1S/C16H22N4O3/c1-21-8-5-17-15-2-4-18-16(19-15)14-12-23-9-6-20(14)10-13-3-7-22-11-13/h2-4,7,11,14H,5-6,8-10,12H2,1H3,(H,17,18,19). The van der Waals surface area contributed by atoms with Crippen molar-refractivity contribution in [1.82, 2.24) is 14.9 Å². The minimum Gasteiger partial charge on any atom is -0.472 e. The van der Waals surface area contributed by atoms with Gasteiger partial charge in [0.05, 0.1) is 38.4 Å². The molecule has 0 spiro atoms. The van der Waals surface area contributed by atoms with Crippen LogP contribution in [0.5, 0.6) is 0 Å². The molecule has 2 aromatic heterocycles. The Bertz CT molecular complexity index is 591. The molecule has 1 aliphatic rings. The SMILES string of the molecule is COCCNc1ccnc(C2COCCN2Cc2ccoc2)n1. The lowest BCUT2D eigenvalue weighted by molar-refractivity contribution is -0.0159. The largest absolute Gasteiger partial charge is 0.472 e. The molecule has 23 heavy (non-hydrogen) atoms. The summed E-state index contributed by atoms with van der Waals surface area (Å²) >= 11 is 0. The van der Waals surface area contributed by atoms with Gasteiger partial charge >= 0.3 is 0 Å². The summed E-state index contributed by atoms with van der Waals surface area (Å²) in [4.78, 5) is 11.4. The molecule has 7 heteroatoms. The van der Waals surface area contributed by atoms with Crippen molar-refractivity contribution in [3.63, 3.8) is 0 Å². The number of ether oxygens (including phenoxy) is 2. The quantitative estimate of drug-likeness (QED) is 0.779. The molecule has 2 aromatic rings. The highest BCUT2D eigenvalue weighted by atomic mass is 16.5. The zero-order valence-corrected chi connectivity index (χ0v) is 13.3. The molecular weight excluding hydrogens is 296 g/mol. The Morgan fingerprint density at radius 1 is 1.43 bits per heavy atom. The Hall–Kier alpha value is -1.96. The fourth-order valence-electron chi connectivity index (χ4n) is 2.60. The number of anilines is 1. The van der Waals surface area contributed by atoms with E-state index in [0.717, 1.165) is 36.9 Å². The van der Waals surface area contributed by atoms with Gasteiger partial charge in [-0.3, -0.25) is 4.90 Å². The lowest BCUT2D eigenvalue weighted by atomic mass is 10.2. The number of aromatic nitrogens is 2. The molecule has 0 amide bonds. The normalized spacial score (nSPS) is 18.9. The van der Waals surface area contributed by atoms with Gasteiger partial charge in [0.25, 0.3) is 0 Å². The van der Waals surface area contributed by atoms with Crippen LogP contribution >= 0.6 is 0 Å². The second-order valence-corrected chi connectivity index (χ2v) is 5.41. The van der Waals surface area contributed by atoms with Crippen molar-refractivity contribution >= 4 is 5.82 Å². The maximum Gasteiger partial charge on any atom is 0.150 e. The number of furan rings is 1. The average Bonchev–Trinajstić information content (AvgIpc) is 3.09. The van der Waals surface area contributed by atoms with Gasteiger partial charge in [-0.1, -0.05) is 0 Å². The number of hydrogen-bond donors (Lipinski definition) is 1. The van der Waals surface area contributed by atoms with Crippen LogP contribution < -0.4 is 5.32 Å². The topological polar surface area (TPSA) is 72.7 Å². The van der Waals surface area contributed by atoms with Gasteiger partial charge < -0.3 is 19.2 Å². The fraction of sp³-hybridized carbons (Fsp3) is 0.500. The molecule has 3 heterocycles. The van der Waals surface area contributed by atoms with E-state index in [9.17, 15) is 0 Å². The minimum atomic E-state index is 0.0443. The van der Waals surface area contributed by atoms with Gasteiger partial charge in [-0.05, 0) is 12.1 Å². The first-order valence-electron chi connectivity index (χ1n) is 7.75. The molecule has 3 rings (SSSR count). The molecular formula is C16H22N4O3. The first kappa shape index (κ1) is 15.9. The van der Waals surface area contributed by atoms with Crippen molar-refractivity contribution in [2.45, 2.75) is 12.6 Å². The van der Waals surface area contributed by atoms with E-state index in [-0.39, 0.29) is 6.04 Å². The van der Waals surface area contributed by atoms with Crippen molar-refractivity contribution < 1.29 is 13.9 Å². The van der Waals surface area contributed by atoms with E-state index in [1.807, 2.05) is 12.1 Å². The predicted octanol–water partition coefficient (Wildman–Crippen LogP) is 1.70. The molecule has 124 valence electrons. The second kappa shape index (κ2) is 8.05. The maximum absolute atomic E-state index is 5.64. The summed E-state index contributed by atoms with van der Waals surface area (Å²) in [6, 6.07) is 3.89. The van der Waals surface area contributed by atoms with Crippen molar-refractivity contribution in [3.8, 4) is 0 Å². The average molecular weight is 318 g/mol. The number of morpholine rings is 1. The monoisotopic (exact) mass is 318 g/mol. The van der Waals surface area contributed by atoms with E-state index in [1.165, 1.54) is 0 Å². The minimum absolute atomic E-state index is 0.0443. The van der Waals surface area contributed by atoms with Gasteiger partial charge in [-0.25, -0.2) is 9.97 Å². The first-order valence-corrected chi connectivity index (χ1v) is 7.75. The number of rotatable bonds is 7. The first-order chi connectivity index (χ1) is 11.4. The van der Waals surface area contributed by atoms with Crippen molar-refractivity contribution in [2.75, 3.05) is 45.3 Å². The molecule has 0 saturated carbocycles. The van der Waals surface area contributed by atoms with Crippen LogP contribution in [0.3, 0.4) is 0 Å². The van der Waals surface area contributed by atoms with Crippen LogP contribution in [0.4, 0.5) is 5.82 Å². The van der Waals surface area contributed by atoms with Gasteiger partial charge in [0.1, 0.15) is 11.6 Å². The summed E-state index contributed by atoms with van der Waals surface area (Å²) in [6.45, 7) is 4.32. The molecule has 1 atom stereocenters. The third kappa shape index (κ3) is 4.28. The molecule has 0 bridgehead atoms. The summed E-state index contributed by atoms with van der Waals surface area (Å²) in [6.07, 6.45) is 5.25. The van der Waals surface area contributed by atoms with Crippen LogP contribution in [-0.2, 0) is 16.0 Å². The summed E-state index contributed by atoms with van der Waals surface area (Å²) in [7, 11) is 1.68. The highest BCUT2D eigenvalue weighted by Crippen LogP contribution is 2.24. The summed E-state index contributed by atoms with van der Waals surface area (Å²) < 4.78 is 15.8. The third-order valence-corrected chi connectivity index (χ3v) is 3.79. The van der Waals surface area contributed by atoms with Gasteiger partial charge in [-0.2, -0.15) is 0 Å². The zero-order chi connectivity index (χ0) is 15.9. The Morgan fingerprint density at radius 3 is 3.22 bits per heavy atom. The van der Waals surface area contributed by atoms with Gasteiger partial charge in [0, 0.05) is 38.5 Å². The number of methoxy groups -OCH3 is 1. The lowest BCUT2D eigenvalue weighted by Crippen LogP contribution is -2.39.